The van der Waals surface area contributed by atoms with E-state index in [2.05, 4.69) is 5.32 Å². The summed E-state index contributed by atoms with van der Waals surface area (Å²) in [6.45, 7) is 0.987. The van der Waals surface area contributed by atoms with Gasteiger partial charge in [-0.2, -0.15) is 0 Å². The van der Waals surface area contributed by atoms with Crippen molar-refractivity contribution in [3.63, 3.8) is 0 Å². The molecule has 126 valence electrons. The number of nitrogens with one attached hydrogen (secondary N) is 1. The van der Waals surface area contributed by atoms with E-state index < -0.39 is 30.3 Å². The van der Waals surface area contributed by atoms with Crippen molar-refractivity contribution in [1.82, 2.24) is 0 Å². The van der Waals surface area contributed by atoms with Crippen LogP contribution in [0.2, 0.25) is 0 Å². The topological polar surface area (TPSA) is 75.6 Å². The molecule has 1 saturated carbocycles. The van der Waals surface area contributed by atoms with E-state index in [9.17, 15) is 23.5 Å². The number of carboxylic acid groups (broad SMARTS) is 1. The summed E-state index contributed by atoms with van der Waals surface area (Å²) in [6.07, 6.45) is -0.889. The zero-order valence-electron chi connectivity index (χ0n) is 12.8. The molecule has 0 unspecified atom stereocenters. The Kier molecular flexibility index (Phi) is 5.18. The van der Waals surface area contributed by atoms with Gasteiger partial charge in [-0.25, -0.2) is 8.78 Å². The standard InChI is InChI=1S/C16H19F2NO4/c1-10-3-4-11(7-12(10)23-9-13(17)18)19-14(20)8-16(15(21)22)5-2-6-16/h3-4,7,13H,2,5-6,8-9H2,1H3,(H,19,20)(H,21,22). The summed E-state index contributed by atoms with van der Waals surface area (Å²) in [7, 11) is 0. The molecule has 0 saturated heterocycles. The Morgan fingerprint density at radius 2 is 2.09 bits per heavy atom. The fourth-order valence-electron chi connectivity index (χ4n) is 2.57. The van der Waals surface area contributed by atoms with E-state index >= 15 is 0 Å². The van der Waals surface area contributed by atoms with Crippen molar-refractivity contribution in [1.29, 1.82) is 0 Å². The SMILES string of the molecule is Cc1ccc(NC(=O)CC2(C(=O)O)CCC2)cc1OCC(F)F. The summed E-state index contributed by atoms with van der Waals surface area (Å²) < 4.78 is 29.4. The molecule has 0 atom stereocenters. The zero-order valence-corrected chi connectivity index (χ0v) is 12.8. The van der Waals surface area contributed by atoms with Crippen molar-refractivity contribution in [3.05, 3.63) is 23.8 Å². The molecule has 0 aromatic heterocycles. The lowest BCUT2D eigenvalue weighted by Crippen LogP contribution is -2.41. The van der Waals surface area contributed by atoms with Crippen LogP contribution in [0.5, 0.6) is 5.75 Å². The van der Waals surface area contributed by atoms with Gasteiger partial charge in [0.15, 0.2) is 0 Å². The maximum Gasteiger partial charge on any atom is 0.310 e. The Morgan fingerprint density at radius 3 is 2.61 bits per heavy atom. The highest BCUT2D eigenvalue weighted by Crippen LogP contribution is 2.44. The van der Waals surface area contributed by atoms with E-state index in [-0.39, 0.29) is 12.2 Å². The van der Waals surface area contributed by atoms with Crippen LogP contribution in [0.4, 0.5) is 14.5 Å². The molecule has 1 aliphatic rings. The van der Waals surface area contributed by atoms with Gasteiger partial charge in [-0.3, -0.25) is 9.59 Å². The van der Waals surface area contributed by atoms with Gasteiger partial charge in [-0.1, -0.05) is 12.5 Å². The van der Waals surface area contributed by atoms with Crippen LogP contribution < -0.4 is 10.1 Å². The number of carboxylic acids is 1. The second kappa shape index (κ2) is 6.93. The van der Waals surface area contributed by atoms with Gasteiger partial charge in [0.1, 0.15) is 12.4 Å². The van der Waals surface area contributed by atoms with Crippen molar-refractivity contribution in [2.75, 3.05) is 11.9 Å². The summed E-state index contributed by atoms with van der Waals surface area (Å²) in [4.78, 5) is 23.3. The molecular formula is C16H19F2NO4. The minimum Gasteiger partial charge on any atom is -0.487 e. The number of benzene rings is 1. The first-order valence-electron chi connectivity index (χ1n) is 7.37. The molecule has 0 spiro atoms. The summed E-state index contributed by atoms with van der Waals surface area (Å²) in [5.74, 6) is -1.10. The van der Waals surface area contributed by atoms with E-state index in [1.807, 2.05) is 0 Å². The zero-order chi connectivity index (χ0) is 17.0. The van der Waals surface area contributed by atoms with Gasteiger partial charge >= 0.3 is 5.97 Å². The number of aryl methyl sites for hydroxylation is 1. The average molecular weight is 327 g/mol. The summed E-state index contributed by atoms with van der Waals surface area (Å²) >= 11 is 0. The number of hydrogen-bond donors (Lipinski definition) is 2. The third-order valence-electron chi connectivity index (χ3n) is 4.10. The van der Waals surface area contributed by atoms with Crippen LogP contribution in [0, 0.1) is 12.3 Å². The van der Waals surface area contributed by atoms with Crippen LogP contribution in [-0.2, 0) is 9.59 Å². The van der Waals surface area contributed by atoms with E-state index in [4.69, 9.17) is 4.74 Å². The van der Waals surface area contributed by atoms with Gasteiger partial charge in [-0.15, -0.1) is 0 Å². The lowest BCUT2D eigenvalue weighted by molar-refractivity contribution is -0.157. The van der Waals surface area contributed by atoms with Gasteiger partial charge in [0.2, 0.25) is 5.91 Å². The van der Waals surface area contributed by atoms with Gasteiger partial charge in [0.25, 0.3) is 6.43 Å². The van der Waals surface area contributed by atoms with Crippen LogP contribution in [0.3, 0.4) is 0 Å². The fraction of sp³-hybridized carbons (Fsp3) is 0.500. The monoisotopic (exact) mass is 327 g/mol. The first-order valence-corrected chi connectivity index (χ1v) is 7.37. The number of halogens is 2. The first-order chi connectivity index (χ1) is 10.8. The quantitative estimate of drug-likeness (QED) is 0.806. The molecule has 2 rings (SSSR count). The number of alkyl halides is 2. The van der Waals surface area contributed by atoms with E-state index in [0.29, 0.717) is 24.1 Å². The summed E-state index contributed by atoms with van der Waals surface area (Å²) in [5, 5.41) is 11.8. The maximum absolute atomic E-state index is 12.2. The molecule has 0 aliphatic heterocycles. The Morgan fingerprint density at radius 1 is 1.39 bits per heavy atom. The minimum atomic E-state index is -2.58. The smallest absolute Gasteiger partial charge is 0.310 e. The van der Waals surface area contributed by atoms with E-state index in [1.165, 1.54) is 6.07 Å². The van der Waals surface area contributed by atoms with Crippen LogP contribution in [0.1, 0.15) is 31.2 Å². The van der Waals surface area contributed by atoms with E-state index in [1.54, 1.807) is 19.1 Å². The fourth-order valence-corrected chi connectivity index (χ4v) is 2.57. The molecular weight excluding hydrogens is 308 g/mol. The van der Waals surface area contributed by atoms with E-state index in [0.717, 1.165) is 6.42 Å². The first kappa shape index (κ1) is 17.2. The molecule has 1 aromatic rings. The van der Waals surface area contributed by atoms with Crippen molar-refractivity contribution in [2.24, 2.45) is 5.41 Å². The third kappa shape index (κ3) is 4.18. The molecule has 1 aliphatic carbocycles. The van der Waals surface area contributed by atoms with Crippen LogP contribution in [0.15, 0.2) is 18.2 Å². The van der Waals surface area contributed by atoms with Gasteiger partial charge in [0.05, 0.1) is 5.41 Å². The second-order valence-corrected chi connectivity index (χ2v) is 5.85. The Hall–Kier alpha value is -2.18. The summed E-state index contributed by atoms with van der Waals surface area (Å²) in [5.41, 5.74) is 0.0958. The van der Waals surface area contributed by atoms with Crippen LogP contribution in [0.25, 0.3) is 0 Å². The molecule has 0 bridgehead atoms. The van der Waals surface area contributed by atoms with Crippen molar-refractivity contribution >= 4 is 17.6 Å². The number of amides is 1. The molecule has 7 heteroatoms. The van der Waals surface area contributed by atoms with Crippen molar-refractivity contribution in [3.8, 4) is 5.75 Å². The summed E-state index contributed by atoms with van der Waals surface area (Å²) in [6, 6.07) is 4.73. The molecule has 1 fully saturated rings. The van der Waals surface area contributed by atoms with Crippen molar-refractivity contribution < 1.29 is 28.2 Å². The number of carbonyl (C=O) groups excluding carboxylic acids is 1. The Labute approximate surface area is 132 Å². The number of anilines is 1. The lowest BCUT2D eigenvalue weighted by atomic mass is 9.66. The molecule has 0 radical (unpaired) electrons. The van der Waals surface area contributed by atoms with Gasteiger partial charge < -0.3 is 15.2 Å². The number of hydrogen-bond acceptors (Lipinski definition) is 3. The predicted octanol–water partition coefficient (Wildman–Crippen LogP) is 3.22. The molecule has 1 amide bonds. The largest absolute Gasteiger partial charge is 0.487 e. The molecule has 5 nitrogen and oxygen atoms in total. The Bertz CT molecular complexity index is 600. The molecule has 0 heterocycles. The predicted molar refractivity (Wildman–Crippen MR) is 79.8 cm³/mol. The van der Waals surface area contributed by atoms with Crippen LogP contribution in [-0.4, -0.2) is 30.0 Å². The number of aliphatic carboxylic acids is 1. The number of rotatable bonds is 7. The normalized spacial score (nSPS) is 15.8. The van der Waals surface area contributed by atoms with Gasteiger partial charge in [0, 0.05) is 18.2 Å². The number of ether oxygens (including phenoxy) is 1. The second-order valence-electron chi connectivity index (χ2n) is 5.85. The molecule has 2 N–H and O–H groups in total. The highest BCUT2D eigenvalue weighted by molar-refractivity contribution is 5.94. The van der Waals surface area contributed by atoms with Crippen molar-refractivity contribution in [2.45, 2.75) is 39.0 Å². The molecule has 1 aromatic carbocycles. The highest BCUT2D eigenvalue weighted by Gasteiger charge is 2.45. The average Bonchev–Trinajstić information content (AvgIpc) is 2.43. The minimum absolute atomic E-state index is 0.0938. The molecule has 23 heavy (non-hydrogen) atoms. The number of carbonyl (C=O) groups is 2. The van der Waals surface area contributed by atoms with Gasteiger partial charge in [-0.05, 0) is 31.4 Å². The van der Waals surface area contributed by atoms with Crippen LogP contribution >= 0.6 is 0 Å². The third-order valence-corrected chi connectivity index (χ3v) is 4.10. The highest BCUT2D eigenvalue weighted by atomic mass is 19.3. The maximum atomic E-state index is 12.2. The lowest BCUT2D eigenvalue weighted by Gasteiger charge is -2.36. The Balaban J connectivity index is 2.00.